The summed E-state index contributed by atoms with van der Waals surface area (Å²) >= 11 is 5.80. The minimum Gasteiger partial charge on any atom is -0.483 e. The minimum atomic E-state index is -4.57. The molecule has 1 aliphatic carbocycles. The number of nitrogens with zero attached hydrogens (tertiary/aromatic N) is 1. The van der Waals surface area contributed by atoms with E-state index in [-0.39, 0.29) is 35.2 Å². The number of alkyl halides is 3. The second-order valence-electron chi connectivity index (χ2n) is 6.61. The van der Waals surface area contributed by atoms with Crippen molar-refractivity contribution in [3.8, 4) is 17.4 Å². The molecular weight excluding hydrogens is 427 g/mol. The summed E-state index contributed by atoms with van der Waals surface area (Å²) in [7, 11) is 0. The van der Waals surface area contributed by atoms with Crippen LogP contribution in [0.25, 0.3) is 0 Å². The number of carbonyl (C=O) groups excluding carboxylic acids is 3. The van der Waals surface area contributed by atoms with E-state index >= 15 is 0 Å². The lowest BCUT2D eigenvalue weighted by Gasteiger charge is -2.16. The van der Waals surface area contributed by atoms with Crippen molar-refractivity contribution in [3.05, 3.63) is 47.1 Å². The maximum Gasteiger partial charge on any atom is 0.417 e. The summed E-state index contributed by atoms with van der Waals surface area (Å²) in [6, 6.07) is 6.49. The largest absolute Gasteiger partial charge is 0.483 e. The Balaban J connectivity index is 1.65. The first-order valence-corrected chi connectivity index (χ1v) is 9.20. The quantitative estimate of drug-likeness (QED) is 0.617. The normalized spacial score (nSPS) is 15.9. The van der Waals surface area contributed by atoms with Crippen LogP contribution in [0.2, 0.25) is 5.02 Å². The molecule has 1 aliphatic rings. The highest BCUT2D eigenvalue weighted by molar-refractivity contribution is 6.31. The second kappa shape index (κ2) is 8.43. The van der Waals surface area contributed by atoms with Gasteiger partial charge in [-0.3, -0.25) is 14.4 Å². The van der Waals surface area contributed by atoms with Gasteiger partial charge in [0, 0.05) is 19.0 Å². The maximum absolute atomic E-state index is 12.7. The number of hydrogen-bond donors (Lipinski definition) is 0. The molecule has 0 N–H and O–H groups in total. The molecule has 0 bridgehead atoms. The van der Waals surface area contributed by atoms with Gasteiger partial charge in [0.05, 0.1) is 5.56 Å². The van der Waals surface area contributed by atoms with Gasteiger partial charge in [-0.05, 0) is 37.3 Å². The third kappa shape index (κ3) is 4.79. The van der Waals surface area contributed by atoms with Crippen LogP contribution in [0.4, 0.5) is 13.2 Å². The molecule has 1 aromatic carbocycles. The van der Waals surface area contributed by atoms with E-state index in [1.165, 1.54) is 31.2 Å². The van der Waals surface area contributed by atoms with Crippen LogP contribution in [-0.2, 0) is 20.6 Å². The van der Waals surface area contributed by atoms with Crippen molar-refractivity contribution in [1.29, 1.82) is 0 Å². The molecule has 30 heavy (non-hydrogen) atoms. The predicted octanol–water partition coefficient (Wildman–Crippen LogP) is 4.43. The number of benzene rings is 1. The Labute approximate surface area is 173 Å². The number of hydrogen-bond acceptors (Lipinski definition) is 6. The fraction of sp³-hybridized carbons (Fsp3) is 0.300. The van der Waals surface area contributed by atoms with Gasteiger partial charge in [0.25, 0.3) is 0 Å². The molecule has 1 atom stereocenters. The van der Waals surface area contributed by atoms with Crippen molar-refractivity contribution in [2.24, 2.45) is 5.92 Å². The summed E-state index contributed by atoms with van der Waals surface area (Å²) in [5.74, 6) is -2.38. The molecule has 0 amide bonds. The fourth-order valence-corrected chi connectivity index (χ4v) is 3.09. The third-order valence-electron chi connectivity index (χ3n) is 4.43. The Morgan fingerprint density at radius 3 is 2.23 bits per heavy atom. The molecule has 1 heterocycles. The van der Waals surface area contributed by atoms with E-state index in [4.69, 9.17) is 21.1 Å². The molecule has 10 heteroatoms. The Morgan fingerprint density at radius 2 is 1.70 bits per heavy atom. The van der Waals surface area contributed by atoms with Crippen LogP contribution in [0.1, 0.15) is 25.3 Å². The van der Waals surface area contributed by atoms with Crippen LogP contribution in [0.15, 0.2) is 36.5 Å². The van der Waals surface area contributed by atoms with Crippen LogP contribution in [0, 0.1) is 5.92 Å². The monoisotopic (exact) mass is 441 g/mol. The SMILES string of the molecule is CC(Oc1ccc(Oc2ncc(C(F)(F)F)cc2Cl)cc1)C(=O)C1C(=O)CCC1=O. The number of rotatable bonds is 6. The molecule has 1 saturated carbocycles. The van der Waals surface area contributed by atoms with E-state index in [0.29, 0.717) is 12.3 Å². The zero-order valence-electron chi connectivity index (χ0n) is 15.5. The first-order valence-electron chi connectivity index (χ1n) is 8.82. The Kier molecular flexibility index (Phi) is 6.12. The van der Waals surface area contributed by atoms with Crippen LogP contribution >= 0.6 is 11.6 Å². The molecule has 0 radical (unpaired) electrons. The number of carbonyl (C=O) groups is 3. The summed E-state index contributed by atoms with van der Waals surface area (Å²) in [5, 5.41) is -0.310. The average molecular weight is 442 g/mol. The Morgan fingerprint density at radius 1 is 1.13 bits per heavy atom. The van der Waals surface area contributed by atoms with Gasteiger partial charge in [-0.2, -0.15) is 13.2 Å². The summed E-state index contributed by atoms with van der Waals surface area (Å²) in [5.41, 5.74) is -0.999. The van der Waals surface area contributed by atoms with Crippen molar-refractivity contribution in [2.75, 3.05) is 0 Å². The number of ketones is 3. The Hall–Kier alpha value is -2.94. The highest BCUT2D eigenvalue weighted by Crippen LogP contribution is 2.35. The summed E-state index contributed by atoms with van der Waals surface area (Å²) in [4.78, 5) is 39.3. The number of halogens is 4. The Bertz CT molecular complexity index is 975. The smallest absolute Gasteiger partial charge is 0.417 e. The average Bonchev–Trinajstić information content (AvgIpc) is 3.01. The van der Waals surface area contributed by atoms with E-state index in [1.807, 2.05) is 0 Å². The molecule has 2 aromatic rings. The highest BCUT2D eigenvalue weighted by atomic mass is 35.5. The van der Waals surface area contributed by atoms with Crippen LogP contribution in [0.5, 0.6) is 17.4 Å². The van der Waals surface area contributed by atoms with Crippen molar-refractivity contribution in [3.63, 3.8) is 0 Å². The van der Waals surface area contributed by atoms with Gasteiger partial charge in [-0.15, -0.1) is 0 Å². The van der Waals surface area contributed by atoms with Crippen LogP contribution < -0.4 is 9.47 Å². The zero-order valence-corrected chi connectivity index (χ0v) is 16.3. The van der Waals surface area contributed by atoms with Crippen molar-refractivity contribution >= 4 is 29.0 Å². The number of ether oxygens (including phenoxy) is 2. The molecule has 3 rings (SSSR count). The molecule has 1 aromatic heterocycles. The standard InChI is InChI=1S/C20H15ClF3NO5/c1-10(18(28)17-15(26)6-7-16(17)27)29-12-2-4-13(5-3-12)30-19-14(21)8-11(9-25-19)20(22,23)24/h2-5,8-10,17H,6-7H2,1H3. The van der Waals surface area contributed by atoms with Crippen molar-refractivity contribution in [1.82, 2.24) is 4.98 Å². The lowest BCUT2D eigenvalue weighted by atomic mass is 9.97. The molecule has 1 unspecified atom stereocenters. The van der Waals surface area contributed by atoms with Gasteiger partial charge in [-0.25, -0.2) is 4.98 Å². The topological polar surface area (TPSA) is 82.6 Å². The predicted molar refractivity (Wildman–Crippen MR) is 98.6 cm³/mol. The summed E-state index contributed by atoms with van der Waals surface area (Å²) < 4.78 is 48.8. The van der Waals surface area contributed by atoms with E-state index in [2.05, 4.69) is 4.98 Å². The molecule has 6 nitrogen and oxygen atoms in total. The van der Waals surface area contributed by atoms with Gasteiger partial charge in [0.2, 0.25) is 5.88 Å². The lowest BCUT2D eigenvalue weighted by molar-refractivity contribution is -0.140. The summed E-state index contributed by atoms with van der Waals surface area (Å²) in [6.07, 6.45) is -4.85. The fourth-order valence-electron chi connectivity index (χ4n) is 2.88. The van der Waals surface area contributed by atoms with Crippen LogP contribution in [0.3, 0.4) is 0 Å². The maximum atomic E-state index is 12.7. The molecule has 0 aliphatic heterocycles. The van der Waals surface area contributed by atoms with E-state index in [9.17, 15) is 27.6 Å². The zero-order chi connectivity index (χ0) is 22.1. The third-order valence-corrected chi connectivity index (χ3v) is 4.70. The highest BCUT2D eigenvalue weighted by Gasteiger charge is 2.41. The molecular formula is C20H15ClF3NO5. The molecule has 0 saturated heterocycles. The van der Waals surface area contributed by atoms with Gasteiger partial charge >= 0.3 is 6.18 Å². The van der Waals surface area contributed by atoms with Crippen molar-refractivity contribution in [2.45, 2.75) is 32.0 Å². The first kappa shape index (κ1) is 21.8. The lowest BCUT2D eigenvalue weighted by Crippen LogP contribution is -2.35. The number of Topliss-reactive ketones (excluding diaryl/α,β-unsaturated/α-hetero) is 3. The first-order chi connectivity index (χ1) is 14.1. The van der Waals surface area contributed by atoms with Crippen LogP contribution in [-0.4, -0.2) is 28.4 Å². The van der Waals surface area contributed by atoms with E-state index < -0.39 is 41.1 Å². The van der Waals surface area contributed by atoms with Gasteiger partial charge in [-0.1, -0.05) is 11.6 Å². The summed E-state index contributed by atoms with van der Waals surface area (Å²) in [6.45, 7) is 1.44. The van der Waals surface area contributed by atoms with E-state index in [0.717, 1.165) is 0 Å². The van der Waals surface area contributed by atoms with E-state index in [1.54, 1.807) is 0 Å². The number of aromatic nitrogens is 1. The van der Waals surface area contributed by atoms with Gasteiger partial charge < -0.3 is 9.47 Å². The van der Waals surface area contributed by atoms with Crippen molar-refractivity contribution < 1.29 is 37.0 Å². The molecule has 0 spiro atoms. The molecule has 158 valence electrons. The van der Waals surface area contributed by atoms with Gasteiger partial charge in [0.15, 0.2) is 23.5 Å². The molecule has 1 fully saturated rings. The number of pyridine rings is 1. The van der Waals surface area contributed by atoms with Gasteiger partial charge in [0.1, 0.15) is 22.4 Å². The minimum absolute atomic E-state index is 0.0640. The second-order valence-corrected chi connectivity index (χ2v) is 7.02.